The summed E-state index contributed by atoms with van der Waals surface area (Å²) >= 11 is 0. The number of carbonyl (C=O) groups is 1. The maximum atomic E-state index is 13.5. The quantitative estimate of drug-likeness (QED) is 0.777. The molecule has 3 nitrogen and oxygen atoms in total. The number of halogens is 2. The molecule has 1 saturated heterocycles. The van der Waals surface area contributed by atoms with E-state index in [1.54, 1.807) is 4.90 Å². The number of rotatable bonds is 1. The van der Waals surface area contributed by atoms with Crippen molar-refractivity contribution in [2.45, 2.75) is 25.3 Å². The lowest BCUT2D eigenvalue weighted by atomic mass is 9.75. The van der Waals surface area contributed by atoms with Crippen molar-refractivity contribution < 1.29 is 13.6 Å². The lowest BCUT2D eigenvalue weighted by Gasteiger charge is -2.50. The summed E-state index contributed by atoms with van der Waals surface area (Å²) in [5, 5.41) is 0. The Labute approximate surface area is 152 Å². The zero-order chi connectivity index (χ0) is 18.5. The van der Waals surface area contributed by atoms with Crippen LogP contribution < -0.4 is 0 Å². The van der Waals surface area contributed by atoms with Gasteiger partial charge >= 0.3 is 0 Å². The second-order valence-electron chi connectivity index (χ2n) is 7.84. The van der Waals surface area contributed by atoms with E-state index in [1.165, 1.54) is 17.2 Å². The Hall–Kier alpha value is -2.27. The summed E-state index contributed by atoms with van der Waals surface area (Å²) in [4.78, 5) is 17.0. The molecule has 0 radical (unpaired) electrons. The van der Waals surface area contributed by atoms with Crippen LogP contribution in [0, 0.1) is 11.6 Å². The molecule has 2 aromatic carbocycles. The lowest BCUT2D eigenvalue weighted by molar-refractivity contribution is 0.0359. The largest absolute Gasteiger partial charge is 0.335 e. The second-order valence-corrected chi connectivity index (χ2v) is 7.84. The predicted molar refractivity (Wildman–Crippen MR) is 96.0 cm³/mol. The number of piperazine rings is 1. The number of nitrogens with zero attached hydrogens (tertiary/aromatic N) is 2. The molecule has 1 amide bonds. The molecule has 4 rings (SSSR count). The van der Waals surface area contributed by atoms with E-state index in [2.05, 4.69) is 36.9 Å². The van der Waals surface area contributed by atoms with Gasteiger partial charge < -0.3 is 4.90 Å². The Balaban J connectivity index is 1.62. The van der Waals surface area contributed by atoms with Gasteiger partial charge in [-0.1, -0.05) is 38.1 Å². The number of benzene rings is 2. The van der Waals surface area contributed by atoms with Crippen molar-refractivity contribution in [2.75, 3.05) is 26.2 Å². The summed E-state index contributed by atoms with van der Waals surface area (Å²) in [7, 11) is 0. The minimum absolute atomic E-state index is 0.0688. The summed E-state index contributed by atoms with van der Waals surface area (Å²) < 4.78 is 26.7. The summed E-state index contributed by atoms with van der Waals surface area (Å²) in [5.74, 6) is -2.17. The Morgan fingerprint density at radius 1 is 1.08 bits per heavy atom. The summed E-state index contributed by atoms with van der Waals surface area (Å²) in [5.41, 5.74) is 2.84. The van der Waals surface area contributed by atoms with E-state index in [-0.39, 0.29) is 22.9 Å². The van der Waals surface area contributed by atoms with Crippen LogP contribution >= 0.6 is 0 Å². The van der Waals surface area contributed by atoms with Gasteiger partial charge in [0.1, 0.15) is 0 Å². The van der Waals surface area contributed by atoms with E-state index in [4.69, 9.17) is 0 Å². The molecule has 0 bridgehead atoms. The highest BCUT2D eigenvalue weighted by molar-refractivity contribution is 5.94. The van der Waals surface area contributed by atoms with E-state index in [9.17, 15) is 13.6 Å². The standard InChI is InChI=1S/C21H22F2N2O/c1-21(2)13-25-10-9-24(12-19(25)15-5-3-4-6-16(15)21)20(26)14-7-8-17(22)18(23)11-14/h3-8,11,19H,9-10,12-13H2,1-2H3. The predicted octanol–water partition coefficient (Wildman–Crippen LogP) is 3.76. The van der Waals surface area contributed by atoms with Crippen molar-refractivity contribution in [3.05, 3.63) is 70.8 Å². The molecule has 1 fully saturated rings. The Kier molecular flexibility index (Phi) is 4.07. The average molecular weight is 356 g/mol. The molecule has 2 aliphatic heterocycles. The highest BCUT2D eigenvalue weighted by Gasteiger charge is 2.41. The molecule has 1 atom stereocenters. The van der Waals surface area contributed by atoms with Gasteiger partial charge in [-0.3, -0.25) is 9.69 Å². The molecule has 0 spiro atoms. The summed E-state index contributed by atoms with van der Waals surface area (Å²) in [6.45, 7) is 7.37. The smallest absolute Gasteiger partial charge is 0.254 e. The third-order valence-corrected chi connectivity index (χ3v) is 5.59. The monoisotopic (exact) mass is 356 g/mol. The van der Waals surface area contributed by atoms with Gasteiger partial charge in [-0.25, -0.2) is 8.78 Å². The zero-order valence-electron chi connectivity index (χ0n) is 15.0. The van der Waals surface area contributed by atoms with Crippen LogP contribution in [-0.4, -0.2) is 41.9 Å². The highest BCUT2D eigenvalue weighted by Crippen LogP contribution is 2.41. The van der Waals surface area contributed by atoms with Crippen LogP contribution in [-0.2, 0) is 5.41 Å². The molecule has 0 N–H and O–H groups in total. The normalized spacial score (nSPS) is 21.8. The number of carbonyl (C=O) groups excluding carboxylic acids is 1. The Bertz CT molecular complexity index is 865. The maximum absolute atomic E-state index is 13.5. The van der Waals surface area contributed by atoms with E-state index in [1.807, 2.05) is 6.07 Å². The minimum Gasteiger partial charge on any atom is -0.335 e. The first kappa shape index (κ1) is 17.2. The molecule has 2 aliphatic rings. The minimum atomic E-state index is -0.987. The molecule has 2 aromatic rings. The van der Waals surface area contributed by atoms with Crippen molar-refractivity contribution in [3.63, 3.8) is 0 Å². The Morgan fingerprint density at radius 3 is 2.62 bits per heavy atom. The summed E-state index contributed by atoms with van der Waals surface area (Å²) in [6, 6.07) is 11.9. The molecule has 26 heavy (non-hydrogen) atoms. The van der Waals surface area contributed by atoms with Gasteiger partial charge in [-0.15, -0.1) is 0 Å². The average Bonchev–Trinajstić information content (AvgIpc) is 2.63. The molecular weight excluding hydrogens is 334 g/mol. The van der Waals surface area contributed by atoms with E-state index in [0.717, 1.165) is 25.2 Å². The third-order valence-electron chi connectivity index (χ3n) is 5.59. The first-order valence-corrected chi connectivity index (χ1v) is 8.94. The van der Waals surface area contributed by atoms with Gasteiger partial charge in [-0.2, -0.15) is 0 Å². The molecule has 0 aliphatic carbocycles. The third kappa shape index (κ3) is 2.80. The van der Waals surface area contributed by atoms with Crippen molar-refractivity contribution in [1.82, 2.24) is 9.80 Å². The van der Waals surface area contributed by atoms with Gasteiger partial charge in [0.15, 0.2) is 11.6 Å². The summed E-state index contributed by atoms with van der Waals surface area (Å²) in [6.07, 6.45) is 0. The lowest BCUT2D eigenvalue weighted by Crippen LogP contribution is -2.55. The fraction of sp³-hybridized carbons (Fsp3) is 0.381. The second kappa shape index (κ2) is 6.16. The first-order valence-electron chi connectivity index (χ1n) is 8.94. The number of amides is 1. The van der Waals surface area contributed by atoms with Gasteiger partial charge in [-0.05, 0) is 29.3 Å². The van der Waals surface area contributed by atoms with Crippen LogP contribution in [0.3, 0.4) is 0 Å². The van der Waals surface area contributed by atoms with Crippen molar-refractivity contribution in [1.29, 1.82) is 0 Å². The van der Waals surface area contributed by atoms with Gasteiger partial charge in [0.2, 0.25) is 0 Å². The fourth-order valence-corrected chi connectivity index (χ4v) is 4.30. The maximum Gasteiger partial charge on any atom is 0.254 e. The van der Waals surface area contributed by atoms with E-state index < -0.39 is 11.6 Å². The van der Waals surface area contributed by atoms with Gasteiger partial charge in [0.05, 0.1) is 6.04 Å². The Morgan fingerprint density at radius 2 is 1.85 bits per heavy atom. The fourth-order valence-electron chi connectivity index (χ4n) is 4.30. The highest BCUT2D eigenvalue weighted by atomic mass is 19.2. The molecule has 0 aromatic heterocycles. The number of hydrogen-bond donors (Lipinski definition) is 0. The molecular formula is C21H22F2N2O. The van der Waals surface area contributed by atoms with Gasteiger partial charge in [0.25, 0.3) is 5.91 Å². The number of hydrogen-bond acceptors (Lipinski definition) is 2. The van der Waals surface area contributed by atoms with Crippen molar-refractivity contribution >= 4 is 5.91 Å². The van der Waals surface area contributed by atoms with Crippen LogP contribution in [0.25, 0.3) is 0 Å². The van der Waals surface area contributed by atoms with Crippen LogP contribution in [0.5, 0.6) is 0 Å². The number of fused-ring (bicyclic) bond motifs is 3. The first-order chi connectivity index (χ1) is 12.4. The molecule has 136 valence electrons. The van der Waals surface area contributed by atoms with Crippen LogP contribution in [0.1, 0.15) is 41.4 Å². The topological polar surface area (TPSA) is 23.6 Å². The van der Waals surface area contributed by atoms with Crippen LogP contribution in [0.4, 0.5) is 8.78 Å². The molecule has 1 unspecified atom stereocenters. The van der Waals surface area contributed by atoms with Crippen LogP contribution in [0.15, 0.2) is 42.5 Å². The molecule has 0 saturated carbocycles. The molecule has 5 heteroatoms. The zero-order valence-corrected chi connectivity index (χ0v) is 15.0. The van der Waals surface area contributed by atoms with Crippen molar-refractivity contribution in [3.8, 4) is 0 Å². The van der Waals surface area contributed by atoms with Crippen LogP contribution in [0.2, 0.25) is 0 Å². The SMILES string of the molecule is CC1(C)CN2CCN(C(=O)c3ccc(F)c(F)c3)CC2c2ccccc21. The van der Waals surface area contributed by atoms with E-state index in [0.29, 0.717) is 13.1 Å². The molecule has 2 heterocycles. The van der Waals surface area contributed by atoms with Crippen molar-refractivity contribution in [2.24, 2.45) is 0 Å². The van der Waals surface area contributed by atoms with E-state index >= 15 is 0 Å². The van der Waals surface area contributed by atoms with Gasteiger partial charge in [0, 0.05) is 37.2 Å².